The number of nitrogens with one attached hydrogen (secondary N) is 1. The third-order valence-electron chi connectivity index (χ3n) is 4.42. The molecule has 0 spiro atoms. The van der Waals surface area contributed by atoms with E-state index in [2.05, 4.69) is 31.0 Å². The predicted molar refractivity (Wildman–Crippen MR) is 65.1 cm³/mol. The normalized spacial score (nSPS) is 32.6. The summed E-state index contributed by atoms with van der Waals surface area (Å²) in [5.41, 5.74) is 0. The van der Waals surface area contributed by atoms with Crippen LogP contribution in [0.3, 0.4) is 0 Å². The van der Waals surface area contributed by atoms with Crippen molar-refractivity contribution < 1.29 is 4.79 Å². The van der Waals surface area contributed by atoms with E-state index < -0.39 is 0 Å². The lowest BCUT2D eigenvalue weighted by Gasteiger charge is -2.37. The summed E-state index contributed by atoms with van der Waals surface area (Å²) in [6.45, 7) is 8.53. The fourth-order valence-electron chi connectivity index (χ4n) is 2.97. The van der Waals surface area contributed by atoms with Crippen LogP contribution in [0.4, 0.5) is 0 Å². The van der Waals surface area contributed by atoms with Crippen LogP contribution in [0.25, 0.3) is 0 Å². The zero-order chi connectivity index (χ0) is 11.7. The van der Waals surface area contributed by atoms with E-state index in [1.807, 2.05) is 0 Å². The molecular weight excluding hydrogens is 200 g/mol. The van der Waals surface area contributed by atoms with Crippen LogP contribution < -0.4 is 5.32 Å². The van der Waals surface area contributed by atoms with Crippen molar-refractivity contribution >= 4 is 5.91 Å². The highest BCUT2D eigenvalue weighted by atomic mass is 16.2. The zero-order valence-corrected chi connectivity index (χ0v) is 10.7. The van der Waals surface area contributed by atoms with Crippen molar-refractivity contribution in [1.29, 1.82) is 0 Å². The van der Waals surface area contributed by atoms with Gasteiger partial charge in [0.15, 0.2) is 0 Å². The Morgan fingerprint density at radius 2 is 2.12 bits per heavy atom. The molecule has 1 N–H and O–H groups in total. The maximum atomic E-state index is 12.5. The molecule has 2 rings (SSSR count). The van der Waals surface area contributed by atoms with Gasteiger partial charge in [-0.1, -0.05) is 13.8 Å². The first kappa shape index (κ1) is 11.9. The molecule has 2 aliphatic heterocycles. The summed E-state index contributed by atoms with van der Waals surface area (Å²) in [6.07, 6.45) is 3.48. The van der Waals surface area contributed by atoms with Crippen LogP contribution in [-0.4, -0.2) is 36.0 Å². The van der Waals surface area contributed by atoms with E-state index in [-0.39, 0.29) is 5.92 Å². The Labute approximate surface area is 98.6 Å². The molecule has 3 nitrogen and oxygen atoms in total. The first-order valence-corrected chi connectivity index (χ1v) is 6.68. The molecule has 0 aromatic heterocycles. The molecule has 2 heterocycles. The van der Waals surface area contributed by atoms with Gasteiger partial charge in [-0.2, -0.15) is 0 Å². The molecule has 92 valence electrons. The van der Waals surface area contributed by atoms with Gasteiger partial charge < -0.3 is 10.2 Å². The number of hydrogen-bond acceptors (Lipinski definition) is 2. The highest BCUT2D eigenvalue weighted by Crippen LogP contribution is 2.30. The third kappa shape index (κ3) is 1.97. The Morgan fingerprint density at radius 3 is 2.62 bits per heavy atom. The number of carbonyl (C=O) groups is 1. The molecular formula is C13H24N2O. The maximum absolute atomic E-state index is 12.5. The maximum Gasteiger partial charge on any atom is 0.226 e. The van der Waals surface area contributed by atoms with Crippen molar-refractivity contribution in [3.63, 3.8) is 0 Å². The van der Waals surface area contributed by atoms with E-state index in [1.165, 1.54) is 12.8 Å². The molecule has 2 fully saturated rings. The van der Waals surface area contributed by atoms with Crippen LogP contribution in [0.5, 0.6) is 0 Å². The molecule has 2 saturated heterocycles. The molecule has 3 heteroatoms. The summed E-state index contributed by atoms with van der Waals surface area (Å²) in [6, 6.07) is 0.950. The third-order valence-corrected chi connectivity index (χ3v) is 4.42. The topological polar surface area (TPSA) is 32.3 Å². The number of carbonyl (C=O) groups excluding carboxylic acids is 1. The van der Waals surface area contributed by atoms with Gasteiger partial charge in [0.25, 0.3) is 0 Å². The van der Waals surface area contributed by atoms with E-state index in [4.69, 9.17) is 0 Å². The average molecular weight is 224 g/mol. The lowest BCUT2D eigenvalue weighted by Crippen LogP contribution is -2.52. The minimum absolute atomic E-state index is 0.204. The highest BCUT2D eigenvalue weighted by Gasteiger charge is 2.38. The summed E-state index contributed by atoms with van der Waals surface area (Å²) < 4.78 is 0. The number of amides is 1. The molecule has 0 bridgehead atoms. The van der Waals surface area contributed by atoms with E-state index in [9.17, 15) is 4.79 Å². The Bertz CT molecular complexity index is 263. The van der Waals surface area contributed by atoms with E-state index in [0.29, 0.717) is 23.9 Å². The van der Waals surface area contributed by atoms with Crippen molar-refractivity contribution in [1.82, 2.24) is 10.2 Å². The molecule has 2 aliphatic rings. The van der Waals surface area contributed by atoms with Crippen molar-refractivity contribution in [2.45, 2.75) is 52.1 Å². The highest BCUT2D eigenvalue weighted by molar-refractivity contribution is 5.80. The van der Waals surface area contributed by atoms with Gasteiger partial charge in [0.1, 0.15) is 0 Å². The van der Waals surface area contributed by atoms with Gasteiger partial charge in [0.05, 0.1) is 0 Å². The van der Waals surface area contributed by atoms with Crippen molar-refractivity contribution in [2.75, 3.05) is 13.1 Å². The second kappa shape index (κ2) is 4.74. The first-order chi connectivity index (χ1) is 7.65. The van der Waals surface area contributed by atoms with Gasteiger partial charge in [0, 0.05) is 18.0 Å². The van der Waals surface area contributed by atoms with Gasteiger partial charge in [-0.05, 0) is 45.2 Å². The minimum atomic E-state index is 0.204. The second-order valence-corrected chi connectivity index (χ2v) is 5.44. The summed E-state index contributed by atoms with van der Waals surface area (Å²) in [4.78, 5) is 14.6. The molecule has 0 aromatic rings. The summed E-state index contributed by atoms with van der Waals surface area (Å²) in [5, 5.41) is 3.25. The van der Waals surface area contributed by atoms with Crippen LogP contribution in [0.15, 0.2) is 0 Å². The Morgan fingerprint density at radius 1 is 1.44 bits per heavy atom. The zero-order valence-electron chi connectivity index (χ0n) is 10.7. The summed E-state index contributed by atoms with van der Waals surface area (Å²) in [7, 11) is 0. The molecule has 0 aliphatic carbocycles. The fourth-order valence-corrected chi connectivity index (χ4v) is 2.97. The standard InChI is InChI=1S/C13H24N2O/c1-4-12-6-5-9(2)15(12)13(16)10(3)11-7-14-8-11/h9-12,14H,4-8H2,1-3H3. The Hall–Kier alpha value is -0.570. The quantitative estimate of drug-likeness (QED) is 0.790. The van der Waals surface area contributed by atoms with E-state index in [0.717, 1.165) is 19.5 Å². The van der Waals surface area contributed by atoms with Gasteiger partial charge in [-0.15, -0.1) is 0 Å². The number of hydrogen-bond donors (Lipinski definition) is 1. The number of likely N-dealkylation sites (tertiary alicyclic amines) is 1. The van der Waals surface area contributed by atoms with Crippen LogP contribution in [-0.2, 0) is 4.79 Å². The Kier molecular flexibility index (Phi) is 3.53. The molecule has 0 radical (unpaired) electrons. The second-order valence-electron chi connectivity index (χ2n) is 5.44. The lowest BCUT2D eigenvalue weighted by atomic mass is 9.87. The number of nitrogens with zero attached hydrogens (tertiary/aromatic N) is 1. The largest absolute Gasteiger partial charge is 0.337 e. The van der Waals surface area contributed by atoms with Gasteiger partial charge in [-0.3, -0.25) is 4.79 Å². The monoisotopic (exact) mass is 224 g/mol. The smallest absolute Gasteiger partial charge is 0.226 e. The first-order valence-electron chi connectivity index (χ1n) is 6.68. The molecule has 1 amide bonds. The van der Waals surface area contributed by atoms with E-state index >= 15 is 0 Å². The molecule has 3 atom stereocenters. The average Bonchev–Trinajstić information content (AvgIpc) is 2.55. The number of rotatable bonds is 3. The Balaban J connectivity index is 2.01. The van der Waals surface area contributed by atoms with Gasteiger partial charge in [-0.25, -0.2) is 0 Å². The van der Waals surface area contributed by atoms with Crippen LogP contribution in [0.2, 0.25) is 0 Å². The van der Waals surface area contributed by atoms with Crippen LogP contribution in [0.1, 0.15) is 40.0 Å². The van der Waals surface area contributed by atoms with Crippen molar-refractivity contribution in [3.8, 4) is 0 Å². The summed E-state index contributed by atoms with van der Waals surface area (Å²) >= 11 is 0. The van der Waals surface area contributed by atoms with Crippen molar-refractivity contribution in [2.24, 2.45) is 11.8 Å². The molecule has 0 saturated carbocycles. The van der Waals surface area contributed by atoms with Gasteiger partial charge >= 0.3 is 0 Å². The summed E-state index contributed by atoms with van der Waals surface area (Å²) in [5.74, 6) is 1.16. The van der Waals surface area contributed by atoms with E-state index in [1.54, 1.807) is 0 Å². The predicted octanol–water partition coefficient (Wildman–Crippen LogP) is 1.63. The van der Waals surface area contributed by atoms with Crippen LogP contribution in [0, 0.1) is 11.8 Å². The lowest BCUT2D eigenvalue weighted by molar-refractivity contribution is -0.140. The fraction of sp³-hybridized carbons (Fsp3) is 0.923. The van der Waals surface area contributed by atoms with Crippen molar-refractivity contribution in [3.05, 3.63) is 0 Å². The molecule has 16 heavy (non-hydrogen) atoms. The molecule has 3 unspecified atom stereocenters. The van der Waals surface area contributed by atoms with Crippen LogP contribution >= 0.6 is 0 Å². The minimum Gasteiger partial charge on any atom is -0.337 e. The van der Waals surface area contributed by atoms with Gasteiger partial charge in [0.2, 0.25) is 5.91 Å². The SMILES string of the molecule is CCC1CCC(C)N1C(=O)C(C)C1CNC1. The molecule has 0 aromatic carbocycles.